The van der Waals surface area contributed by atoms with Crippen LogP contribution in [-0.2, 0) is 6.18 Å². The van der Waals surface area contributed by atoms with Crippen LogP contribution >= 0.6 is 11.6 Å². The van der Waals surface area contributed by atoms with Crippen LogP contribution in [0.4, 0.5) is 13.2 Å². The summed E-state index contributed by atoms with van der Waals surface area (Å²) in [6.07, 6.45) is -4.50. The first-order chi connectivity index (χ1) is 8.95. The number of halogens is 4. The maximum Gasteiger partial charge on any atom is 0.417 e. The molecule has 0 N–H and O–H groups in total. The van der Waals surface area contributed by atoms with Gasteiger partial charge < -0.3 is 0 Å². The van der Waals surface area contributed by atoms with Crippen LogP contribution in [0.1, 0.15) is 11.1 Å². The molecule has 0 radical (unpaired) electrons. The largest absolute Gasteiger partial charge is 0.417 e. The van der Waals surface area contributed by atoms with Gasteiger partial charge in [0.05, 0.1) is 17.2 Å². The van der Waals surface area contributed by atoms with Crippen molar-refractivity contribution in [2.75, 3.05) is 0 Å². The van der Waals surface area contributed by atoms with Crippen molar-refractivity contribution in [3.05, 3.63) is 58.6 Å². The van der Waals surface area contributed by atoms with Crippen LogP contribution in [-0.4, -0.2) is 0 Å². The Morgan fingerprint density at radius 2 is 1.68 bits per heavy atom. The third-order valence-electron chi connectivity index (χ3n) is 2.64. The van der Waals surface area contributed by atoms with Crippen LogP contribution in [0.5, 0.6) is 0 Å². The Kier molecular flexibility index (Phi) is 3.50. The molecule has 5 heteroatoms. The molecule has 0 aliphatic rings. The Hall–Kier alpha value is -1.99. The summed E-state index contributed by atoms with van der Waals surface area (Å²) < 4.78 is 38.9. The maximum absolute atomic E-state index is 13.0. The fraction of sp³-hybridized carbons (Fsp3) is 0.0714. The molecule has 0 aliphatic heterocycles. The molecule has 2 rings (SSSR count). The second kappa shape index (κ2) is 4.94. The normalized spacial score (nSPS) is 11.1. The number of benzene rings is 2. The highest BCUT2D eigenvalue weighted by molar-refractivity contribution is 6.33. The highest BCUT2D eigenvalue weighted by Crippen LogP contribution is 2.40. The molecule has 0 atom stereocenters. The van der Waals surface area contributed by atoms with Gasteiger partial charge in [-0.1, -0.05) is 35.9 Å². The van der Waals surface area contributed by atoms with Crippen molar-refractivity contribution in [1.29, 1.82) is 5.26 Å². The van der Waals surface area contributed by atoms with E-state index in [9.17, 15) is 13.2 Å². The van der Waals surface area contributed by atoms with Gasteiger partial charge in [-0.2, -0.15) is 18.4 Å². The quantitative estimate of drug-likeness (QED) is 0.729. The van der Waals surface area contributed by atoms with Crippen molar-refractivity contribution < 1.29 is 13.2 Å². The third-order valence-corrected chi connectivity index (χ3v) is 2.95. The van der Waals surface area contributed by atoms with E-state index in [0.29, 0.717) is 0 Å². The average Bonchev–Trinajstić information content (AvgIpc) is 2.37. The predicted octanol–water partition coefficient (Wildman–Crippen LogP) is 4.90. The van der Waals surface area contributed by atoms with Gasteiger partial charge in [-0.15, -0.1) is 0 Å². The Balaban J connectivity index is 2.78. The molecular weight excluding hydrogens is 275 g/mol. The summed E-state index contributed by atoms with van der Waals surface area (Å²) in [4.78, 5) is 0. The minimum atomic E-state index is -4.50. The highest BCUT2D eigenvalue weighted by atomic mass is 35.5. The summed E-state index contributed by atoms with van der Waals surface area (Å²) in [5.41, 5.74) is -0.666. The lowest BCUT2D eigenvalue weighted by molar-refractivity contribution is -0.137. The second-order valence-electron chi connectivity index (χ2n) is 3.82. The first-order valence-electron chi connectivity index (χ1n) is 5.30. The highest BCUT2D eigenvalue weighted by Gasteiger charge is 2.34. The van der Waals surface area contributed by atoms with Crippen LogP contribution in [0.2, 0.25) is 5.02 Å². The Bertz CT molecular complexity index is 656. The first kappa shape index (κ1) is 13.4. The molecule has 0 heterocycles. The summed E-state index contributed by atoms with van der Waals surface area (Å²) in [6.45, 7) is 0. The molecule has 1 nitrogen and oxygen atoms in total. The first-order valence-corrected chi connectivity index (χ1v) is 5.68. The van der Waals surface area contributed by atoms with Crippen LogP contribution < -0.4 is 0 Å². The molecule has 0 spiro atoms. The molecular formula is C14H7ClF3N. The number of nitriles is 1. The Morgan fingerprint density at radius 3 is 2.32 bits per heavy atom. The van der Waals surface area contributed by atoms with Gasteiger partial charge in [0.25, 0.3) is 0 Å². The zero-order valence-electron chi connectivity index (χ0n) is 9.50. The number of hydrogen-bond acceptors (Lipinski definition) is 1. The van der Waals surface area contributed by atoms with Crippen molar-refractivity contribution in [2.45, 2.75) is 6.18 Å². The van der Waals surface area contributed by atoms with Gasteiger partial charge in [0.1, 0.15) is 0 Å². The van der Waals surface area contributed by atoms with Crippen LogP contribution in [0.3, 0.4) is 0 Å². The summed E-state index contributed by atoms with van der Waals surface area (Å²) in [5.74, 6) is 0. The number of rotatable bonds is 1. The van der Waals surface area contributed by atoms with Gasteiger partial charge in [0, 0.05) is 10.6 Å². The Labute approximate surface area is 112 Å². The molecule has 0 amide bonds. The second-order valence-corrected chi connectivity index (χ2v) is 4.22. The number of nitrogens with zero attached hydrogens (tertiary/aromatic N) is 1. The SMILES string of the molecule is N#Cc1cccc(Cl)c1-c1ccccc1C(F)(F)F. The van der Waals surface area contributed by atoms with E-state index in [2.05, 4.69) is 0 Å². The van der Waals surface area contributed by atoms with Crippen molar-refractivity contribution >= 4 is 11.6 Å². The predicted molar refractivity (Wildman–Crippen MR) is 66.6 cm³/mol. The smallest absolute Gasteiger partial charge is 0.192 e. The number of hydrogen-bond donors (Lipinski definition) is 0. The van der Waals surface area contributed by atoms with Gasteiger partial charge >= 0.3 is 6.18 Å². The fourth-order valence-corrected chi connectivity index (χ4v) is 2.12. The van der Waals surface area contributed by atoms with E-state index in [1.807, 2.05) is 6.07 Å². The van der Waals surface area contributed by atoms with Crippen LogP contribution in [0.15, 0.2) is 42.5 Å². The molecule has 0 aromatic heterocycles. The lowest BCUT2D eigenvalue weighted by Crippen LogP contribution is -2.07. The van der Waals surface area contributed by atoms with Gasteiger partial charge in [-0.25, -0.2) is 0 Å². The van der Waals surface area contributed by atoms with Crippen LogP contribution in [0, 0.1) is 11.3 Å². The minimum Gasteiger partial charge on any atom is -0.192 e. The van der Waals surface area contributed by atoms with E-state index in [1.165, 1.54) is 36.4 Å². The van der Waals surface area contributed by atoms with Crippen molar-refractivity contribution in [2.24, 2.45) is 0 Å². The monoisotopic (exact) mass is 281 g/mol. The van der Waals surface area contributed by atoms with E-state index in [4.69, 9.17) is 16.9 Å². The Morgan fingerprint density at radius 1 is 1.00 bits per heavy atom. The van der Waals surface area contributed by atoms with E-state index >= 15 is 0 Å². The van der Waals surface area contributed by atoms with Crippen LogP contribution in [0.25, 0.3) is 11.1 Å². The fourth-order valence-electron chi connectivity index (χ4n) is 1.84. The lowest BCUT2D eigenvalue weighted by Gasteiger charge is -2.14. The zero-order chi connectivity index (χ0) is 14.0. The molecule has 96 valence electrons. The van der Waals surface area contributed by atoms with E-state index in [-0.39, 0.29) is 21.7 Å². The van der Waals surface area contributed by atoms with E-state index in [1.54, 1.807) is 0 Å². The van der Waals surface area contributed by atoms with Gasteiger partial charge in [0.15, 0.2) is 0 Å². The van der Waals surface area contributed by atoms with Crippen molar-refractivity contribution in [1.82, 2.24) is 0 Å². The zero-order valence-corrected chi connectivity index (χ0v) is 10.3. The lowest BCUT2D eigenvalue weighted by atomic mass is 9.95. The standard InChI is InChI=1S/C14H7ClF3N/c15-12-7-3-4-9(8-19)13(12)10-5-1-2-6-11(10)14(16,17)18/h1-7H. The van der Waals surface area contributed by atoms with Gasteiger partial charge in [-0.3, -0.25) is 0 Å². The minimum absolute atomic E-state index is 0.0860. The van der Waals surface area contributed by atoms with Gasteiger partial charge in [0.2, 0.25) is 0 Å². The third kappa shape index (κ3) is 2.56. The van der Waals surface area contributed by atoms with Gasteiger partial charge in [-0.05, 0) is 23.8 Å². The molecule has 0 saturated carbocycles. The van der Waals surface area contributed by atoms with Crippen molar-refractivity contribution in [3.63, 3.8) is 0 Å². The molecule has 2 aromatic carbocycles. The number of alkyl halides is 3. The molecule has 0 unspecified atom stereocenters. The summed E-state index contributed by atoms with van der Waals surface area (Å²) in [7, 11) is 0. The average molecular weight is 282 g/mol. The maximum atomic E-state index is 13.0. The van der Waals surface area contributed by atoms with E-state index < -0.39 is 11.7 Å². The summed E-state index contributed by atoms with van der Waals surface area (Å²) >= 11 is 5.95. The molecule has 0 aliphatic carbocycles. The molecule has 0 saturated heterocycles. The summed E-state index contributed by atoms with van der Waals surface area (Å²) in [6, 6.07) is 11.4. The molecule has 0 bridgehead atoms. The molecule has 19 heavy (non-hydrogen) atoms. The molecule has 0 fully saturated rings. The topological polar surface area (TPSA) is 23.8 Å². The van der Waals surface area contributed by atoms with E-state index in [0.717, 1.165) is 6.07 Å². The van der Waals surface area contributed by atoms with Crippen molar-refractivity contribution in [3.8, 4) is 17.2 Å². The summed E-state index contributed by atoms with van der Waals surface area (Å²) in [5, 5.41) is 9.13. The molecule has 2 aromatic rings.